The Hall–Kier alpha value is -1.98. The average molecular weight is 248 g/mol. The molecule has 0 aliphatic carbocycles. The van der Waals surface area contributed by atoms with Gasteiger partial charge in [0.15, 0.2) is 17.3 Å². The standard InChI is InChI=1S/C12H16N4O2/c1-15(2)12(18)10-5-6-11(14-13-10)16-7-3-4-9(17)8-16/h5-6H,3-4,7-8H2,1-2H3. The van der Waals surface area contributed by atoms with Crippen molar-refractivity contribution in [2.24, 2.45) is 0 Å². The SMILES string of the molecule is CN(C)C(=O)c1ccc(N2CCCC(=O)C2)nn1. The molecule has 2 rings (SSSR count). The molecule has 18 heavy (non-hydrogen) atoms. The summed E-state index contributed by atoms with van der Waals surface area (Å²) < 4.78 is 0. The van der Waals surface area contributed by atoms with Crippen molar-refractivity contribution < 1.29 is 9.59 Å². The molecule has 6 nitrogen and oxygen atoms in total. The number of aromatic nitrogens is 2. The van der Waals surface area contributed by atoms with E-state index >= 15 is 0 Å². The predicted octanol–water partition coefficient (Wildman–Crippen LogP) is 0.348. The summed E-state index contributed by atoms with van der Waals surface area (Å²) in [4.78, 5) is 26.3. The Morgan fingerprint density at radius 1 is 1.33 bits per heavy atom. The lowest BCUT2D eigenvalue weighted by Gasteiger charge is -2.26. The van der Waals surface area contributed by atoms with Gasteiger partial charge >= 0.3 is 0 Å². The summed E-state index contributed by atoms with van der Waals surface area (Å²) >= 11 is 0. The van der Waals surface area contributed by atoms with Crippen LogP contribution in [-0.2, 0) is 4.79 Å². The van der Waals surface area contributed by atoms with Crippen LogP contribution < -0.4 is 4.90 Å². The third-order valence-electron chi connectivity index (χ3n) is 2.85. The molecule has 0 saturated carbocycles. The highest BCUT2D eigenvalue weighted by molar-refractivity contribution is 5.92. The molecule has 0 radical (unpaired) electrons. The first kappa shape index (κ1) is 12.5. The molecule has 0 unspecified atom stereocenters. The normalized spacial score (nSPS) is 15.7. The molecule has 0 aromatic carbocycles. The molecule has 1 fully saturated rings. The lowest BCUT2D eigenvalue weighted by molar-refractivity contribution is -0.118. The number of nitrogens with zero attached hydrogens (tertiary/aromatic N) is 4. The molecular formula is C12H16N4O2. The summed E-state index contributed by atoms with van der Waals surface area (Å²) in [5.74, 6) is 0.693. The van der Waals surface area contributed by atoms with Crippen LogP contribution in [0.3, 0.4) is 0 Å². The number of hydrogen-bond acceptors (Lipinski definition) is 5. The van der Waals surface area contributed by atoms with Gasteiger partial charge in [0.1, 0.15) is 0 Å². The maximum absolute atomic E-state index is 11.6. The van der Waals surface area contributed by atoms with Gasteiger partial charge in [-0.2, -0.15) is 0 Å². The quantitative estimate of drug-likeness (QED) is 0.755. The summed E-state index contributed by atoms with van der Waals surface area (Å²) in [6.07, 6.45) is 1.49. The number of carbonyl (C=O) groups excluding carboxylic acids is 2. The molecule has 1 aromatic rings. The molecule has 1 amide bonds. The Morgan fingerprint density at radius 3 is 2.67 bits per heavy atom. The minimum atomic E-state index is -0.177. The van der Waals surface area contributed by atoms with E-state index in [0.29, 0.717) is 24.5 Å². The van der Waals surface area contributed by atoms with Crippen LogP contribution in [0.15, 0.2) is 12.1 Å². The predicted molar refractivity (Wildman–Crippen MR) is 66.5 cm³/mol. The summed E-state index contributed by atoms with van der Waals surface area (Å²) in [6.45, 7) is 1.19. The van der Waals surface area contributed by atoms with Crippen molar-refractivity contribution in [3.8, 4) is 0 Å². The fourth-order valence-corrected chi connectivity index (χ4v) is 1.87. The maximum Gasteiger partial charge on any atom is 0.273 e. The molecule has 0 atom stereocenters. The number of amides is 1. The zero-order valence-corrected chi connectivity index (χ0v) is 10.6. The summed E-state index contributed by atoms with van der Waals surface area (Å²) in [5, 5.41) is 7.92. The van der Waals surface area contributed by atoms with Crippen LogP contribution in [0.5, 0.6) is 0 Å². The van der Waals surface area contributed by atoms with Crippen LogP contribution in [0.2, 0.25) is 0 Å². The largest absolute Gasteiger partial charge is 0.348 e. The second-order valence-corrected chi connectivity index (χ2v) is 4.54. The average Bonchev–Trinajstić information content (AvgIpc) is 2.38. The van der Waals surface area contributed by atoms with Gasteiger partial charge in [-0.3, -0.25) is 9.59 Å². The highest BCUT2D eigenvalue weighted by atomic mass is 16.2. The molecule has 0 bridgehead atoms. The fraction of sp³-hybridized carbons (Fsp3) is 0.500. The number of ketones is 1. The van der Waals surface area contributed by atoms with Crippen molar-refractivity contribution in [1.82, 2.24) is 15.1 Å². The van der Waals surface area contributed by atoms with E-state index in [2.05, 4.69) is 10.2 Å². The van der Waals surface area contributed by atoms with E-state index in [1.165, 1.54) is 4.90 Å². The first-order valence-electron chi connectivity index (χ1n) is 5.90. The Morgan fingerprint density at radius 2 is 2.11 bits per heavy atom. The number of Topliss-reactive ketones (excluding diaryl/α,β-unsaturated/α-hetero) is 1. The van der Waals surface area contributed by atoms with Crippen molar-refractivity contribution >= 4 is 17.5 Å². The van der Waals surface area contributed by atoms with Gasteiger partial charge < -0.3 is 9.80 Å². The van der Waals surface area contributed by atoms with Gasteiger partial charge in [0.25, 0.3) is 5.91 Å². The topological polar surface area (TPSA) is 66.4 Å². The number of carbonyl (C=O) groups is 2. The van der Waals surface area contributed by atoms with E-state index < -0.39 is 0 Å². The first-order valence-corrected chi connectivity index (χ1v) is 5.90. The second kappa shape index (κ2) is 5.12. The van der Waals surface area contributed by atoms with Crippen molar-refractivity contribution in [2.75, 3.05) is 32.1 Å². The Kier molecular flexibility index (Phi) is 3.55. The Bertz CT molecular complexity index is 456. The molecule has 1 aliphatic rings. The second-order valence-electron chi connectivity index (χ2n) is 4.54. The van der Waals surface area contributed by atoms with Crippen LogP contribution in [0, 0.1) is 0 Å². The highest BCUT2D eigenvalue weighted by Gasteiger charge is 2.19. The van der Waals surface area contributed by atoms with E-state index in [1.54, 1.807) is 26.2 Å². The molecule has 0 N–H and O–H groups in total. The number of rotatable bonds is 2. The van der Waals surface area contributed by atoms with Crippen molar-refractivity contribution in [3.05, 3.63) is 17.8 Å². The van der Waals surface area contributed by atoms with Gasteiger partial charge in [-0.05, 0) is 18.6 Å². The molecule has 1 aliphatic heterocycles. The van der Waals surface area contributed by atoms with Gasteiger partial charge in [0.2, 0.25) is 0 Å². The van der Waals surface area contributed by atoms with E-state index in [9.17, 15) is 9.59 Å². The minimum absolute atomic E-state index is 0.177. The van der Waals surface area contributed by atoms with Gasteiger partial charge in [-0.1, -0.05) is 0 Å². The molecule has 96 valence electrons. The Balaban J connectivity index is 2.12. The third kappa shape index (κ3) is 2.64. The zero-order chi connectivity index (χ0) is 13.1. The molecule has 2 heterocycles. The number of anilines is 1. The fourth-order valence-electron chi connectivity index (χ4n) is 1.87. The zero-order valence-electron chi connectivity index (χ0n) is 10.6. The first-order chi connectivity index (χ1) is 8.58. The van der Waals surface area contributed by atoms with Crippen LogP contribution in [-0.4, -0.2) is 54.0 Å². The van der Waals surface area contributed by atoms with Crippen molar-refractivity contribution in [1.29, 1.82) is 0 Å². The number of piperidine rings is 1. The molecule has 1 saturated heterocycles. The molecule has 0 spiro atoms. The highest BCUT2D eigenvalue weighted by Crippen LogP contribution is 2.15. The molecule has 1 aromatic heterocycles. The minimum Gasteiger partial charge on any atom is -0.348 e. The maximum atomic E-state index is 11.6. The lowest BCUT2D eigenvalue weighted by Crippen LogP contribution is -2.36. The van der Waals surface area contributed by atoms with Crippen molar-refractivity contribution in [3.63, 3.8) is 0 Å². The molecule has 6 heteroatoms. The lowest BCUT2D eigenvalue weighted by atomic mass is 10.1. The summed E-state index contributed by atoms with van der Waals surface area (Å²) in [6, 6.07) is 3.38. The Labute approximate surface area is 106 Å². The van der Waals surface area contributed by atoms with Crippen LogP contribution in [0.25, 0.3) is 0 Å². The van der Waals surface area contributed by atoms with Crippen LogP contribution >= 0.6 is 0 Å². The smallest absolute Gasteiger partial charge is 0.273 e. The summed E-state index contributed by atoms with van der Waals surface area (Å²) in [7, 11) is 3.34. The van der Waals surface area contributed by atoms with E-state index in [-0.39, 0.29) is 11.7 Å². The van der Waals surface area contributed by atoms with Gasteiger partial charge in [0, 0.05) is 27.1 Å². The van der Waals surface area contributed by atoms with Crippen LogP contribution in [0.4, 0.5) is 5.82 Å². The van der Waals surface area contributed by atoms with Gasteiger partial charge in [-0.15, -0.1) is 10.2 Å². The van der Waals surface area contributed by atoms with Gasteiger partial charge in [0.05, 0.1) is 6.54 Å². The van der Waals surface area contributed by atoms with E-state index in [0.717, 1.165) is 13.0 Å². The van der Waals surface area contributed by atoms with E-state index in [1.807, 2.05) is 4.90 Å². The monoisotopic (exact) mass is 248 g/mol. The number of hydrogen-bond donors (Lipinski definition) is 0. The van der Waals surface area contributed by atoms with Crippen LogP contribution in [0.1, 0.15) is 23.3 Å². The third-order valence-corrected chi connectivity index (χ3v) is 2.85. The van der Waals surface area contributed by atoms with Gasteiger partial charge in [-0.25, -0.2) is 0 Å². The van der Waals surface area contributed by atoms with Crippen molar-refractivity contribution in [2.45, 2.75) is 12.8 Å². The summed E-state index contributed by atoms with van der Waals surface area (Å²) in [5.41, 5.74) is 0.312. The van der Waals surface area contributed by atoms with E-state index in [4.69, 9.17) is 0 Å². The molecular weight excluding hydrogens is 232 g/mol.